The van der Waals surface area contributed by atoms with Crippen LogP contribution in [0, 0.1) is 5.92 Å². The third-order valence-electron chi connectivity index (χ3n) is 1.26. The highest BCUT2D eigenvalue weighted by atomic mass is 16.3. The fourth-order valence-electron chi connectivity index (χ4n) is 0.571. The molecule has 0 amide bonds. The first-order valence-electron chi connectivity index (χ1n) is 2.35. The second kappa shape index (κ2) is 1.52. The van der Waals surface area contributed by atoms with Crippen LogP contribution in [0.1, 0.15) is 19.3 Å². The minimum Gasteiger partial charge on any atom is -0.818 e. The third kappa shape index (κ3) is 0.500. The molecule has 6 heavy (non-hydrogen) atoms. The highest BCUT2D eigenvalue weighted by Crippen LogP contribution is 2.26. The van der Waals surface area contributed by atoms with Gasteiger partial charge in [-0.3, -0.25) is 0 Å². The van der Waals surface area contributed by atoms with E-state index < -0.39 is 0 Å². The van der Waals surface area contributed by atoms with Gasteiger partial charge in [-0.05, 0) is 0 Å². The van der Waals surface area contributed by atoms with Crippen molar-refractivity contribution in [3.05, 3.63) is 5.92 Å². The standard InChI is InChI=1S/C5H8O/c6-4-5-2-1-3-5/h1-4H2. The van der Waals surface area contributed by atoms with E-state index in [0.717, 1.165) is 12.8 Å². The lowest BCUT2D eigenvalue weighted by atomic mass is 9.86. The van der Waals surface area contributed by atoms with E-state index in [1.807, 2.05) is 0 Å². The van der Waals surface area contributed by atoms with Crippen LogP contribution in [0.3, 0.4) is 0 Å². The van der Waals surface area contributed by atoms with E-state index in [0.29, 0.717) is 0 Å². The molecule has 0 bridgehead atoms. The SMILES string of the molecule is [O-]C[C+]1CCC1. The van der Waals surface area contributed by atoms with Gasteiger partial charge in [-0.15, -0.1) is 0 Å². The van der Waals surface area contributed by atoms with E-state index in [1.165, 1.54) is 12.3 Å². The molecule has 0 spiro atoms. The molecule has 34 valence electrons. The fourth-order valence-corrected chi connectivity index (χ4v) is 0.571. The van der Waals surface area contributed by atoms with Gasteiger partial charge < -0.3 is 5.11 Å². The van der Waals surface area contributed by atoms with Gasteiger partial charge in [-0.25, -0.2) is 0 Å². The normalized spacial score (nSPS) is 20.5. The van der Waals surface area contributed by atoms with Crippen LogP contribution in [0.5, 0.6) is 0 Å². The predicted octanol–water partition coefficient (Wildman–Crippen LogP) is 0.105. The van der Waals surface area contributed by atoms with Crippen LogP contribution < -0.4 is 5.11 Å². The van der Waals surface area contributed by atoms with Crippen molar-refractivity contribution in [3.63, 3.8) is 0 Å². The molecule has 0 aromatic carbocycles. The molecular formula is C5H8O. The summed E-state index contributed by atoms with van der Waals surface area (Å²) in [5.74, 6) is 1.22. The van der Waals surface area contributed by atoms with Gasteiger partial charge in [0.15, 0.2) is 0 Å². The Hall–Kier alpha value is -0.170. The largest absolute Gasteiger partial charge is 0.818 e. The van der Waals surface area contributed by atoms with Crippen LogP contribution >= 0.6 is 0 Å². The van der Waals surface area contributed by atoms with Crippen molar-refractivity contribution >= 4 is 0 Å². The van der Waals surface area contributed by atoms with E-state index >= 15 is 0 Å². The average Bonchev–Trinajstić information content (AvgIpc) is 1.31. The van der Waals surface area contributed by atoms with Crippen molar-refractivity contribution < 1.29 is 5.11 Å². The van der Waals surface area contributed by atoms with Gasteiger partial charge in [0.1, 0.15) is 0 Å². The summed E-state index contributed by atoms with van der Waals surface area (Å²) in [6, 6.07) is 0. The zero-order valence-corrected chi connectivity index (χ0v) is 3.74. The van der Waals surface area contributed by atoms with Crippen LogP contribution in [-0.2, 0) is 0 Å². The van der Waals surface area contributed by atoms with E-state index in [4.69, 9.17) is 0 Å². The Morgan fingerprint density at radius 1 is 1.50 bits per heavy atom. The van der Waals surface area contributed by atoms with E-state index in [9.17, 15) is 5.11 Å². The number of rotatable bonds is 1. The molecule has 1 fully saturated rings. The lowest BCUT2D eigenvalue weighted by Gasteiger charge is -2.15. The van der Waals surface area contributed by atoms with Crippen LogP contribution in [-0.4, -0.2) is 6.61 Å². The molecule has 0 atom stereocenters. The first kappa shape index (κ1) is 4.00. The summed E-state index contributed by atoms with van der Waals surface area (Å²) in [5.41, 5.74) is 0. The maximum Gasteiger partial charge on any atom is 0.0926 e. The van der Waals surface area contributed by atoms with Crippen LogP contribution in [0.4, 0.5) is 0 Å². The summed E-state index contributed by atoms with van der Waals surface area (Å²) in [5, 5.41) is 9.88. The zero-order chi connectivity index (χ0) is 4.41. The monoisotopic (exact) mass is 84.1 g/mol. The molecular weight excluding hydrogens is 76.1 g/mol. The van der Waals surface area contributed by atoms with Crippen molar-refractivity contribution in [2.24, 2.45) is 0 Å². The second-order valence-corrected chi connectivity index (χ2v) is 1.75. The number of hydrogen-bond acceptors (Lipinski definition) is 1. The van der Waals surface area contributed by atoms with Crippen LogP contribution in [0.2, 0.25) is 0 Å². The Morgan fingerprint density at radius 2 is 2.17 bits per heavy atom. The van der Waals surface area contributed by atoms with Gasteiger partial charge in [0.05, 0.1) is 18.8 Å². The molecule has 1 saturated carbocycles. The van der Waals surface area contributed by atoms with Gasteiger partial charge in [0, 0.05) is 13.0 Å². The summed E-state index contributed by atoms with van der Waals surface area (Å²) in [6.45, 7) is 0.0833. The first-order valence-corrected chi connectivity index (χ1v) is 2.35. The molecule has 0 aromatic rings. The van der Waals surface area contributed by atoms with E-state index in [1.54, 1.807) is 0 Å². The molecule has 1 aliphatic rings. The third-order valence-corrected chi connectivity index (χ3v) is 1.26. The Kier molecular flexibility index (Phi) is 1.01. The van der Waals surface area contributed by atoms with Crippen molar-refractivity contribution in [2.45, 2.75) is 19.3 Å². The molecule has 1 heteroatoms. The van der Waals surface area contributed by atoms with Gasteiger partial charge >= 0.3 is 0 Å². The minimum absolute atomic E-state index is 0.0833. The molecule has 1 rings (SSSR count). The number of hydrogen-bond donors (Lipinski definition) is 0. The molecule has 0 heterocycles. The lowest BCUT2D eigenvalue weighted by molar-refractivity contribution is -0.364. The van der Waals surface area contributed by atoms with Gasteiger partial charge in [-0.2, -0.15) is 0 Å². The van der Waals surface area contributed by atoms with E-state index in [2.05, 4.69) is 0 Å². The Labute approximate surface area is 38.0 Å². The maximum atomic E-state index is 9.88. The highest BCUT2D eigenvalue weighted by Gasteiger charge is 2.23. The summed E-state index contributed by atoms with van der Waals surface area (Å²) in [7, 11) is 0. The Balaban J connectivity index is 2.01. The maximum absolute atomic E-state index is 9.88. The Bertz CT molecular complexity index is 36.4. The summed E-state index contributed by atoms with van der Waals surface area (Å²) in [4.78, 5) is 0. The lowest BCUT2D eigenvalue weighted by Crippen LogP contribution is -2.21. The topological polar surface area (TPSA) is 23.1 Å². The quantitative estimate of drug-likeness (QED) is 0.413. The van der Waals surface area contributed by atoms with Crippen molar-refractivity contribution in [1.82, 2.24) is 0 Å². The summed E-state index contributed by atoms with van der Waals surface area (Å²) < 4.78 is 0. The first-order chi connectivity index (χ1) is 2.93. The molecule has 0 N–H and O–H groups in total. The smallest absolute Gasteiger partial charge is 0.0926 e. The zero-order valence-electron chi connectivity index (χ0n) is 3.74. The highest BCUT2D eigenvalue weighted by molar-refractivity contribution is 4.96. The molecule has 0 aromatic heterocycles. The summed E-state index contributed by atoms with van der Waals surface area (Å²) >= 11 is 0. The van der Waals surface area contributed by atoms with Crippen LogP contribution in [0.25, 0.3) is 0 Å². The van der Waals surface area contributed by atoms with Crippen molar-refractivity contribution in [1.29, 1.82) is 0 Å². The van der Waals surface area contributed by atoms with Crippen molar-refractivity contribution in [2.75, 3.05) is 6.61 Å². The van der Waals surface area contributed by atoms with Gasteiger partial charge in [-0.1, -0.05) is 0 Å². The van der Waals surface area contributed by atoms with Gasteiger partial charge in [0.25, 0.3) is 0 Å². The Morgan fingerprint density at radius 3 is 2.17 bits per heavy atom. The molecule has 0 saturated heterocycles. The molecule has 0 aliphatic heterocycles. The summed E-state index contributed by atoms with van der Waals surface area (Å²) in [6.07, 6.45) is 3.49. The molecule has 1 aliphatic carbocycles. The van der Waals surface area contributed by atoms with E-state index in [-0.39, 0.29) is 6.61 Å². The average molecular weight is 84.1 g/mol. The second-order valence-electron chi connectivity index (χ2n) is 1.75. The molecule has 0 unspecified atom stereocenters. The fraction of sp³-hybridized carbons (Fsp3) is 0.800. The van der Waals surface area contributed by atoms with Crippen molar-refractivity contribution in [3.8, 4) is 0 Å². The van der Waals surface area contributed by atoms with Crippen LogP contribution in [0.15, 0.2) is 0 Å². The predicted molar refractivity (Wildman–Crippen MR) is 22.0 cm³/mol. The molecule has 0 radical (unpaired) electrons. The molecule has 1 nitrogen and oxygen atoms in total. The minimum atomic E-state index is 0.0833. The van der Waals surface area contributed by atoms with Gasteiger partial charge in [0.2, 0.25) is 0 Å².